The molecule has 6 heterocycles. The third-order valence-electron chi connectivity index (χ3n) is 5.82. The SMILES string of the molecule is CN1CC2=C(C1)CN(S(=O)(=O)c1cnc3c(c1)OCCO3)C2.O=S(=O)(Cl)c1cnc2c(c1)OCCO2. The molecule has 0 unspecified atom stereocenters. The number of halogens is 1. The average molecular weight is 559 g/mol. The van der Waals surface area contributed by atoms with E-state index in [0.29, 0.717) is 62.8 Å². The lowest BCUT2D eigenvalue weighted by Crippen LogP contribution is -2.33. The van der Waals surface area contributed by atoms with Gasteiger partial charge in [-0.1, -0.05) is 0 Å². The summed E-state index contributed by atoms with van der Waals surface area (Å²) in [6, 6.07) is 2.80. The molecule has 0 aromatic carbocycles. The van der Waals surface area contributed by atoms with E-state index in [1.54, 1.807) is 0 Å². The summed E-state index contributed by atoms with van der Waals surface area (Å²) in [5.41, 5.74) is 2.44. The van der Waals surface area contributed by atoms with Gasteiger partial charge in [-0.05, 0) is 18.2 Å². The van der Waals surface area contributed by atoms with Crippen molar-refractivity contribution in [3.63, 3.8) is 0 Å². The van der Waals surface area contributed by atoms with Gasteiger partial charge < -0.3 is 18.9 Å². The van der Waals surface area contributed by atoms with Crippen LogP contribution in [0.4, 0.5) is 0 Å². The van der Waals surface area contributed by atoms with E-state index < -0.39 is 19.1 Å². The molecule has 0 spiro atoms. The maximum atomic E-state index is 12.8. The number of sulfonamides is 1. The first-order chi connectivity index (χ1) is 17.1. The highest BCUT2D eigenvalue weighted by atomic mass is 35.7. The van der Waals surface area contributed by atoms with E-state index in [-0.39, 0.29) is 9.79 Å². The summed E-state index contributed by atoms with van der Waals surface area (Å²) in [6.07, 6.45) is 2.48. The molecule has 2 aromatic rings. The normalized spacial score (nSPS) is 19.5. The van der Waals surface area contributed by atoms with Crippen molar-refractivity contribution in [2.75, 3.05) is 59.7 Å². The van der Waals surface area contributed by atoms with Crippen LogP contribution in [0.3, 0.4) is 0 Å². The van der Waals surface area contributed by atoms with Crippen LogP contribution < -0.4 is 18.9 Å². The number of rotatable bonds is 3. The van der Waals surface area contributed by atoms with Gasteiger partial charge >= 0.3 is 0 Å². The van der Waals surface area contributed by atoms with Gasteiger partial charge in [0.05, 0.1) is 12.4 Å². The second kappa shape index (κ2) is 9.67. The molecule has 15 heteroatoms. The molecule has 2 aromatic heterocycles. The van der Waals surface area contributed by atoms with Crippen molar-refractivity contribution in [2.45, 2.75) is 9.79 Å². The van der Waals surface area contributed by atoms with Crippen LogP contribution in [-0.2, 0) is 19.1 Å². The predicted octanol–water partition coefficient (Wildman–Crippen LogP) is 0.879. The monoisotopic (exact) mass is 558 g/mol. The smallest absolute Gasteiger partial charge is 0.262 e. The highest BCUT2D eigenvalue weighted by Crippen LogP contribution is 2.34. The third kappa shape index (κ3) is 5.09. The molecule has 12 nitrogen and oxygen atoms in total. The zero-order valence-corrected chi connectivity index (χ0v) is 21.6. The summed E-state index contributed by atoms with van der Waals surface area (Å²) < 4.78 is 70.0. The first-order valence-corrected chi connectivity index (χ1v) is 14.7. The van der Waals surface area contributed by atoms with E-state index >= 15 is 0 Å². The zero-order chi connectivity index (χ0) is 25.5. The number of nitrogens with zero attached hydrogens (tertiary/aromatic N) is 4. The number of hydrogen-bond donors (Lipinski definition) is 0. The van der Waals surface area contributed by atoms with Crippen molar-refractivity contribution in [3.8, 4) is 23.3 Å². The van der Waals surface area contributed by atoms with Crippen molar-refractivity contribution in [2.24, 2.45) is 0 Å². The number of pyridine rings is 2. The number of fused-ring (bicyclic) bond motifs is 2. The molecule has 6 rings (SSSR count). The zero-order valence-electron chi connectivity index (χ0n) is 19.2. The van der Waals surface area contributed by atoms with E-state index in [1.165, 1.54) is 33.8 Å². The Labute approximate surface area is 212 Å². The van der Waals surface area contributed by atoms with Gasteiger partial charge in [0.1, 0.15) is 36.2 Å². The summed E-state index contributed by atoms with van der Waals surface area (Å²) in [5.74, 6) is 1.35. The van der Waals surface area contributed by atoms with Gasteiger partial charge in [-0.25, -0.2) is 26.8 Å². The Balaban J connectivity index is 0.000000165. The minimum atomic E-state index is -3.76. The van der Waals surface area contributed by atoms with Crippen LogP contribution in [0.15, 0.2) is 45.5 Å². The lowest BCUT2D eigenvalue weighted by atomic mass is 10.2. The molecule has 0 bridgehead atoms. The van der Waals surface area contributed by atoms with E-state index in [9.17, 15) is 16.8 Å². The third-order valence-corrected chi connectivity index (χ3v) is 8.90. The molecule has 194 valence electrons. The highest BCUT2D eigenvalue weighted by molar-refractivity contribution is 8.13. The van der Waals surface area contributed by atoms with Gasteiger partial charge in [0, 0.05) is 49.0 Å². The van der Waals surface area contributed by atoms with Crippen LogP contribution in [0.1, 0.15) is 0 Å². The summed E-state index contributed by atoms with van der Waals surface area (Å²) in [6.45, 7) is 4.26. The van der Waals surface area contributed by atoms with Crippen LogP contribution in [0.5, 0.6) is 23.3 Å². The average Bonchev–Trinajstić information content (AvgIpc) is 3.41. The number of likely N-dealkylation sites (N-methyl/N-ethyl adjacent to an activating group) is 1. The summed E-state index contributed by atoms with van der Waals surface area (Å²) >= 11 is 0. The summed E-state index contributed by atoms with van der Waals surface area (Å²) in [7, 11) is -0.138. The molecule has 36 heavy (non-hydrogen) atoms. The molecule has 4 aliphatic heterocycles. The number of ether oxygens (including phenoxy) is 4. The van der Waals surface area contributed by atoms with Gasteiger partial charge in [0.2, 0.25) is 10.0 Å². The second-order valence-electron chi connectivity index (χ2n) is 8.43. The van der Waals surface area contributed by atoms with Gasteiger partial charge in [0.25, 0.3) is 20.8 Å². The Morgan fingerprint density at radius 3 is 1.75 bits per heavy atom. The van der Waals surface area contributed by atoms with Crippen molar-refractivity contribution >= 4 is 29.8 Å². The predicted molar refractivity (Wildman–Crippen MR) is 127 cm³/mol. The molecule has 0 fully saturated rings. The minimum absolute atomic E-state index is 0.0941. The van der Waals surface area contributed by atoms with E-state index in [1.807, 2.05) is 7.05 Å². The van der Waals surface area contributed by atoms with Crippen molar-refractivity contribution in [1.82, 2.24) is 19.2 Å². The van der Waals surface area contributed by atoms with Gasteiger partial charge in [-0.2, -0.15) is 4.31 Å². The Hall–Kier alpha value is -2.65. The van der Waals surface area contributed by atoms with Crippen LogP contribution in [0.25, 0.3) is 0 Å². The van der Waals surface area contributed by atoms with Gasteiger partial charge in [0.15, 0.2) is 11.5 Å². The molecular weight excluding hydrogens is 536 g/mol. The quantitative estimate of drug-likeness (QED) is 0.392. The van der Waals surface area contributed by atoms with Crippen molar-refractivity contribution < 1.29 is 35.8 Å². The largest absolute Gasteiger partial charge is 0.484 e. The van der Waals surface area contributed by atoms with Crippen molar-refractivity contribution in [3.05, 3.63) is 35.7 Å². The first kappa shape index (κ1) is 25.0. The summed E-state index contributed by atoms with van der Waals surface area (Å²) in [5, 5.41) is 0. The summed E-state index contributed by atoms with van der Waals surface area (Å²) in [4.78, 5) is 10.1. The Morgan fingerprint density at radius 2 is 1.22 bits per heavy atom. The molecule has 4 aliphatic rings. The molecule has 0 saturated heterocycles. The number of hydrogen-bond acceptors (Lipinski definition) is 11. The van der Waals surface area contributed by atoms with Crippen LogP contribution >= 0.6 is 10.7 Å². The minimum Gasteiger partial charge on any atom is -0.484 e. The fourth-order valence-corrected chi connectivity index (χ4v) is 6.23. The fourth-order valence-electron chi connectivity index (χ4n) is 4.16. The van der Waals surface area contributed by atoms with Crippen LogP contribution in [-0.4, -0.2) is 95.7 Å². The van der Waals surface area contributed by atoms with E-state index in [0.717, 1.165) is 19.3 Å². The highest BCUT2D eigenvalue weighted by Gasteiger charge is 2.36. The van der Waals surface area contributed by atoms with E-state index in [2.05, 4.69) is 14.9 Å². The first-order valence-electron chi connectivity index (χ1n) is 11.0. The van der Waals surface area contributed by atoms with Gasteiger partial charge in [-0.15, -0.1) is 0 Å². The van der Waals surface area contributed by atoms with Gasteiger partial charge in [-0.3, -0.25) is 4.90 Å². The number of aromatic nitrogens is 2. The Kier molecular flexibility index (Phi) is 6.72. The lowest BCUT2D eigenvalue weighted by Gasteiger charge is -2.22. The molecule has 0 aliphatic carbocycles. The van der Waals surface area contributed by atoms with E-state index in [4.69, 9.17) is 29.6 Å². The molecule has 0 atom stereocenters. The maximum Gasteiger partial charge on any atom is 0.262 e. The molecule has 0 N–H and O–H groups in total. The van der Waals surface area contributed by atoms with Crippen molar-refractivity contribution in [1.29, 1.82) is 0 Å². The Bertz CT molecular complexity index is 1410. The molecule has 0 amide bonds. The Morgan fingerprint density at radius 1 is 0.750 bits per heavy atom. The van der Waals surface area contributed by atoms with Crippen LogP contribution in [0, 0.1) is 0 Å². The fraction of sp³-hybridized carbons (Fsp3) is 0.429. The topological polar surface area (TPSA) is 137 Å². The van der Waals surface area contributed by atoms with Crippen LogP contribution in [0.2, 0.25) is 0 Å². The molecular formula is C21H23ClN4O8S2. The lowest BCUT2D eigenvalue weighted by molar-refractivity contribution is 0.163. The standard InChI is InChI=1S/C14H17N3O4S.C7H6ClNO4S/c1-16-6-10-8-17(9-11(10)7-16)22(18,19)12-4-13-14(15-5-12)21-3-2-20-13;8-14(10,11)5-3-6-7(9-4-5)13-2-1-12-6/h4-5H,2-3,6-9H2,1H3;3-4H,1-2H2. The molecule has 0 saturated carbocycles. The molecule has 0 radical (unpaired) electrons. The second-order valence-corrected chi connectivity index (χ2v) is 12.9. The maximum absolute atomic E-state index is 12.8.